The third kappa shape index (κ3) is 3.73. The van der Waals surface area contributed by atoms with Crippen molar-refractivity contribution in [2.45, 2.75) is 17.3 Å². The number of aliphatic hydroxyl groups is 1. The van der Waals surface area contributed by atoms with Crippen LogP contribution in [0.2, 0.25) is 0 Å². The fourth-order valence-electron chi connectivity index (χ4n) is 1.93. The number of nitrogens with zero attached hydrogens (tertiary/aromatic N) is 1. The summed E-state index contributed by atoms with van der Waals surface area (Å²) in [5, 5.41) is 12.2. The van der Waals surface area contributed by atoms with Crippen molar-refractivity contribution in [1.82, 2.24) is 4.98 Å². The standard InChI is InChI=1S/C17H15NOS2/c19-10-13-6-8-16(9-7-13)20-11-15-12-21-17(18-15)14-4-2-1-3-5-14/h1-9,12,19H,10-11H2. The molecule has 2 aromatic carbocycles. The molecule has 0 aliphatic heterocycles. The van der Waals surface area contributed by atoms with Crippen LogP contribution in [0.5, 0.6) is 0 Å². The Balaban J connectivity index is 1.64. The summed E-state index contributed by atoms with van der Waals surface area (Å²) in [7, 11) is 0. The van der Waals surface area contributed by atoms with Gasteiger partial charge in [-0.3, -0.25) is 0 Å². The Bertz CT molecular complexity index is 692. The quantitative estimate of drug-likeness (QED) is 0.699. The molecule has 1 aromatic heterocycles. The first-order chi connectivity index (χ1) is 10.3. The van der Waals surface area contributed by atoms with Crippen molar-refractivity contribution in [2.24, 2.45) is 0 Å². The van der Waals surface area contributed by atoms with E-state index >= 15 is 0 Å². The van der Waals surface area contributed by atoms with Gasteiger partial charge in [0.05, 0.1) is 12.3 Å². The molecule has 21 heavy (non-hydrogen) atoms. The monoisotopic (exact) mass is 313 g/mol. The van der Waals surface area contributed by atoms with Gasteiger partial charge in [-0.2, -0.15) is 0 Å². The minimum atomic E-state index is 0.0947. The van der Waals surface area contributed by atoms with Crippen molar-refractivity contribution in [3.63, 3.8) is 0 Å². The van der Waals surface area contributed by atoms with Gasteiger partial charge in [-0.1, -0.05) is 42.5 Å². The van der Waals surface area contributed by atoms with Gasteiger partial charge in [0, 0.05) is 21.6 Å². The van der Waals surface area contributed by atoms with Gasteiger partial charge in [-0.25, -0.2) is 4.98 Å². The topological polar surface area (TPSA) is 33.1 Å². The minimum Gasteiger partial charge on any atom is -0.392 e. The maximum Gasteiger partial charge on any atom is 0.123 e. The summed E-state index contributed by atoms with van der Waals surface area (Å²) in [6.07, 6.45) is 0. The van der Waals surface area contributed by atoms with E-state index in [1.54, 1.807) is 23.1 Å². The molecule has 3 aromatic rings. The highest BCUT2D eigenvalue weighted by molar-refractivity contribution is 7.98. The molecular formula is C17H15NOS2. The molecule has 1 N–H and O–H groups in total. The summed E-state index contributed by atoms with van der Waals surface area (Å²) in [6, 6.07) is 18.3. The van der Waals surface area contributed by atoms with Crippen molar-refractivity contribution in [3.8, 4) is 10.6 Å². The zero-order chi connectivity index (χ0) is 14.5. The fourth-order valence-corrected chi connectivity index (χ4v) is 3.66. The highest BCUT2D eigenvalue weighted by Gasteiger charge is 2.05. The Labute approximate surface area is 132 Å². The first-order valence-corrected chi connectivity index (χ1v) is 8.54. The van der Waals surface area contributed by atoms with Crippen LogP contribution < -0.4 is 0 Å². The summed E-state index contributed by atoms with van der Waals surface area (Å²) in [4.78, 5) is 5.88. The van der Waals surface area contributed by atoms with E-state index in [0.717, 1.165) is 22.0 Å². The molecule has 0 spiro atoms. The van der Waals surface area contributed by atoms with E-state index in [9.17, 15) is 0 Å². The Morgan fingerprint density at radius 2 is 1.76 bits per heavy atom. The van der Waals surface area contributed by atoms with E-state index in [2.05, 4.69) is 22.5 Å². The Morgan fingerprint density at radius 1 is 1.00 bits per heavy atom. The third-order valence-electron chi connectivity index (χ3n) is 3.07. The van der Waals surface area contributed by atoms with Crippen molar-refractivity contribution >= 4 is 23.1 Å². The first kappa shape index (κ1) is 14.3. The van der Waals surface area contributed by atoms with Gasteiger partial charge in [0.25, 0.3) is 0 Å². The Kier molecular flexibility index (Phi) is 4.70. The Morgan fingerprint density at radius 3 is 2.48 bits per heavy atom. The van der Waals surface area contributed by atoms with Gasteiger partial charge in [0.2, 0.25) is 0 Å². The van der Waals surface area contributed by atoms with Crippen LogP contribution in [-0.2, 0) is 12.4 Å². The highest BCUT2D eigenvalue weighted by Crippen LogP contribution is 2.27. The van der Waals surface area contributed by atoms with Crippen LogP contribution in [0, 0.1) is 0 Å². The lowest BCUT2D eigenvalue weighted by molar-refractivity contribution is 0.282. The molecule has 0 saturated heterocycles. The summed E-state index contributed by atoms with van der Waals surface area (Å²) in [6.45, 7) is 0.0947. The molecule has 0 unspecified atom stereocenters. The number of aromatic nitrogens is 1. The van der Waals surface area contributed by atoms with Gasteiger partial charge in [0.1, 0.15) is 5.01 Å². The second-order valence-electron chi connectivity index (χ2n) is 4.60. The van der Waals surface area contributed by atoms with Gasteiger partial charge >= 0.3 is 0 Å². The SMILES string of the molecule is OCc1ccc(SCc2csc(-c3ccccc3)n2)cc1. The van der Waals surface area contributed by atoms with Crippen molar-refractivity contribution in [2.75, 3.05) is 0 Å². The summed E-state index contributed by atoms with van der Waals surface area (Å²) in [5.74, 6) is 0.863. The van der Waals surface area contributed by atoms with E-state index < -0.39 is 0 Å². The predicted octanol–water partition coefficient (Wildman–Crippen LogP) is 4.59. The summed E-state index contributed by atoms with van der Waals surface area (Å²) in [5.41, 5.74) is 3.22. The molecule has 0 amide bonds. The molecule has 106 valence electrons. The number of rotatable bonds is 5. The fraction of sp³-hybridized carbons (Fsp3) is 0.118. The lowest BCUT2D eigenvalue weighted by Crippen LogP contribution is -1.84. The molecule has 1 heterocycles. The second-order valence-corrected chi connectivity index (χ2v) is 6.51. The number of hydrogen-bond donors (Lipinski definition) is 1. The van der Waals surface area contributed by atoms with Crippen molar-refractivity contribution in [1.29, 1.82) is 0 Å². The van der Waals surface area contributed by atoms with Crippen LogP contribution in [0.4, 0.5) is 0 Å². The van der Waals surface area contributed by atoms with Crippen molar-refractivity contribution < 1.29 is 5.11 Å². The summed E-state index contributed by atoms with van der Waals surface area (Å²) >= 11 is 3.45. The zero-order valence-electron chi connectivity index (χ0n) is 11.4. The molecule has 0 fully saturated rings. The maximum atomic E-state index is 9.03. The number of thiazole rings is 1. The molecule has 0 aliphatic rings. The van der Waals surface area contributed by atoms with Crippen LogP contribution in [-0.4, -0.2) is 10.1 Å². The predicted molar refractivity (Wildman–Crippen MR) is 89.5 cm³/mol. The smallest absolute Gasteiger partial charge is 0.123 e. The lowest BCUT2D eigenvalue weighted by Gasteiger charge is -2.01. The van der Waals surface area contributed by atoms with Gasteiger partial charge in [0.15, 0.2) is 0 Å². The largest absolute Gasteiger partial charge is 0.392 e. The average Bonchev–Trinajstić information content (AvgIpc) is 3.03. The number of hydrogen-bond acceptors (Lipinski definition) is 4. The molecule has 0 saturated carbocycles. The molecule has 4 heteroatoms. The molecule has 0 radical (unpaired) electrons. The van der Waals surface area contributed by atoms with Crippen LogP contribution in [0.1, 0.15) is 11.3 Å². The number of aliphatic hydroxyl groups excluding tert-OH is 1. The molecule has 0 aliphatic carbocycles. The highest BCUT2D eigenvalue weighted by atomic mass is 32.2. The van der Waals surface area contributed by atoms with E-state index in [-0.39, 0.29) is 6.61 Å². The van der Waals surface area contributed by atoms with E-state index in [4.69, 9.17) is 5.11 Å². The number of benzene rings is 2. The summed E-state index contributed by atoms with van der Waals surface area (Å²) < 4.78 is 0. The van der Waals surface area contributed by atoms with Crippen LogP contribution >= 0.6 is 23.1 Å². The third-order valence-corrected chi connectivity index (χ3v) is 5.05. The van der Waals surface area contributed by atoms with Crippen molar-refractivity contribution in [3.05, 3.63) is 71.2 Å². The maximum absolute atomic E-state index is 9.03. The molecule has 0 atom stereocenters. The molecule has 2 nitrogen and oxygen atoms in total. The van der Waals surface area contributed by atoms with Crippen LogP contribution in [0.15, 0.2) is 64.9 Å². The van der Waals surface area contributed by atoms with Gasteiger partial charge in [-0.15, -0.1) is 23.1 Å². The molecule has 0 bridgehead atoms. The first-order valence-electron chi connectivity index (χ1n) is 6.67. The average molecular weight is 313 g/mol. The normalized spacial score (nSPS) is 10.7. The van der Waals surface area contributed by atoms with Crippen LogP contribution in [0.3, 0.4) is 0 Å². The second kappa shape index (κ2) is 6.89. The lowest BCUT2D eigenvalue weighted by atomic mass is 10.2. The van der Waals surface area contributed by atoms with Gasteiger partial charge < -0.3 is 5.11 Å². The Hall–Kier alpha value is -1.62. The zero-order valence-corrected chi connectivity index (χ0v) is 13.0. The van der Waals surface area contributed by atoms with E-state index in [1.807, 2.05) is 42.5 Å². The van der Waals surface area contributed by atoms with E-state index in [1.165, 1.54) is 10.5 Å². The number of thioether (sulfide) groups is 1. The molecule has 3 rings (SSSR count). The minimum absolute atomic E-state index is 0.0947. The van der Waals surface area contributed by atoms with Gasteiger partial charge in [-0.05, 0) is 17.7 Å². The van der Waals surface area contributed by atoms with Crippen LogP contribution in [0.25, 0.3) is 10.6 Å². The molecular weight excluding hydrogens is 298 g/mol. The van der Waals surface area contributed by atoms with E-state index in [0.29, 0.717) is 0 Å².